The van der Waals surface area contributed by atoms with E-state index in [1.54, 1.807) is 12.4 Å². The number of nitrogens with one attached hydrogen (secondary N) is 2. The number of pyridine rings is 1. The molecule has 2 heterocycles. The minimum Gasteiger partial charge on any atom is -0.396 e. The van der Waals surface area contributed by atoms with E-state index in [1.165, 1.54) is 11.3 Å². The summed E-state index contributed by atoms with van der Waals surface area (Å²) in [7, 11) is 0. The Morgan fingerprint density at radius 2 is 2.30 bits per heavy atom. The number of urea groups is 1. The first-order valence-corrected chi connectivity index (χ1v) is 8.62. The molecule has 124 valence electrons. The highest BCUT2D eigenvalue weighted by atomic mass is 32.1. The van der Waals surface area contributed by atoms with E-state index >= 15 is 0 Å². The second kappa shape index (κ2) is 9.22. The van der Waals surface area contributed by atoms with Gasteiger partial charge in [0.15, 0.2) is 5.13 Å². The summed E-state index contributed by atoms with van der Waals surface area (Å²) in [6.07, 6.45) is 6.18. The molecule has 1 unspecified atom stereocenters. The van der Waals surface area contributed by atoms with Crippen molar-refractivity contribution in [2.24, 2.45) is 5.92 Å². The second-order valence-electron chi connectivity index (χ2n) is 5.28. The van der Waals surface area contributed by atoms with Crippen LogP contribution in [0.5, 0.6) is 0 Å². The minimum absolute atomic E-state index is 0.148. The Morgan fingerprint density at radius 1 is 1.43 bits per heavy atom. The lowest BCUT2D eigenvalue weighted by molar-refractivity contribution is 0.236. The van der Waals surface area contributed by atoms with Crippen LogP contribution in [-0.2, 0) is 0 Å². The van der Waals surface area contributed by atoms with E-state index in [-0.39, 0.29) is 12.6 Å². The quantitative estimate of drug-likeness (QED) is 0.692. The molecule has 0 radical (unpaired) electrons. The van der Waals surface area contributed by atoms with Crippen LogP contribution in [0.15, 0.2) is 29.9 Å². The van der Waals surface area contributed by atoms with Gasteiger partial charge in [0.1, 0.15) is 0 Å². The lowest BCUT2D eigenvalue weighted by Gasteiger charge is -2.15. The molecule has 2 rings (SSSR count). The summed E-state index contributed by atoms with van der Waals surface area (Å²) in [5, 5.41) is 17.1. The third-order valence-corrected chi connectivity index (χ3v) is 4.23. The van der Waals surface area contributed by atoms with Gasteiger partial charge in [-0.2, -0.15) is 0 Å². The number of aliphatic hydroxyl groups excluding tert-OH is 1. The molecular formula is C16H22N4O2S. The van der Waals surface area contributed by atoms with Crippen molar-refractivity contribution in [2.45, 2.75) is 26.2 Å². The number of nitrogens with zero attached hydrogens (tertiary/aromatic N) is 2. The fraction of sp³-hybridized carbons (Fsp3) is 0.438. The van der Waals surface area contributed by atoms with Crippen LogP contribution in [0.2, 0.25) is 0 Å². The standard InChI is InChI=1S/C16H22N4O2S/c1-2-4-12(6-8-21)9-18-15(22)20-16-19-14(11-23-16)13-5-3-7-17-10-13/h3,5,7,10-12,21H,2,4,6,8-9H2,1H3,(H2,18,19,20,22). The van der Waals surface area contributed by atoms with Gasteiger partial charge in [-0.1, -0.05) is 13.3 Å². The SMILES string of the molecule is CCCC(CCO)CNC(=O)Nc1nc(-c2cccnc2)cs1. The number of anilines is 1. The fourth-order valence-corrected chi connectivity index (χ4v) is 3.01. The Morgan fingerprint density at radius 3 is 3.00 bits per heavy atom. The smallest absolute Gasteiger partial charge is 0.321 e. The zero-order chi connectivity index (χ0) is 16.5. The number of hydrogen-bond donors (Lipinski definition) is 3. The third-order valence-electron chi connectivity index (χ3n) is 3.47. The number of hydrogen-bond acceptors (Lipinski definition) is 5. The van der Waals surface area contributed by atoms with Crippen LogP contribution in [0.3, 0.4) is 0 Å². The van der Waals surface area contributed by atoms with Crippen molar-refractivity contribution in [3.63, 3.8) is 0 Å². The monoisotopic (exact) mass is 334 g/mol. The Kier molecular flexibility index (Phi) is 6.96. The van der Waals surface area contributed by atoms with Gasteiger partial charge in [0.05, 0.1) is 5.69 Å². The van der Waals surface area contributed by atoms with E-state index in [1.807, 2.05) is 17.5 Å². The van der Waals surface area contributed by atoms with E-state index < -0.39 is 0 Å². The lowest BCUT2D eigenvalue weighted by atomic mass is 10.0. The molecule has 1 atom stereocenters. The molecular weight excluding hydrogens is 312 g/mol. The topological polar surface area (TPSA) is 87.1 Å². The van der Waals surface area contributed by atoms with Crippen LogP contribution in [0.1, 0.15) is 26.2 Å². The first kappa shape index (κ1) is 17.4. The maximum absolute atomic E-state index is 11.9. The second-order valence-corrected chi connectivity index (χ2v) is 6.14. The summed E-state index contributed by atoms with van der Waals surface area (Å²) in [6.45, 7) is 2.80. The number of thiazole rings is 1. The number of amides is 2. The Balaban J connectivity index is 1.85. The van der Waals surface area contributed by atoms with Crippen LogP contribution in [0.25, 0.3) is 11.3 Å². The molecule has 2 amide bonds. The molecule has 0 spiro atoms. The van der Waals surface area contributed by atoms with Crippen molar-refractivity contribution >= 4 is 22.5 Å². The predicted octanol–water partition coefficient (Wildman–Crippen LogP) is 3.13. The summed E-state index contributed by atoms with van der Waals surface area (Å²) in [4.78, 5) is 20.4. The zero-order valence-corrected chi connectivity index (χ0v) is 14.0. The number of aliphatic hydroxyl groups is 1. The molecule has 0 aliphatic carbocycles. The van der Waals surface area contributed by atoms with Crippen LogP contribution >= 0.6 is 11.3 Å². The predicted molar refractivity (Wildman–Crippen MR) is 92.5 cm³/mol. The van der Waals surface area contributed by atoms with Crippen molar-refractivity contribution in [2.75, 3.05) is 18.5 Å². The van der Waals surface area contributed by atoms with Gasteiger partial charge in [-0.15, -0.1) is 11.3 Å². The Hall–Kier alpha value is -1.99. The summed E-state index contributed by atoms with van der Waals surface area (Å²) >= 11 is 1.38. The van der Waals surface area contributed by atoms with Gasteiger partial charge in [-0.25, -0.2) is 9.78 Å². The molecule has 3 N–H and O–H groups in total. The molecule has 0 bridgehead atoms. The molecule has 23 heavy (non-hydrogen) atoms. The highest BCUT2D eigenvalue weighted by molar-refractivity contribution is 7.14. The maximum Gasteiger partial charge on any atom is 0.321 e. The van der Waals surface area contributed by atoms with Crippen LogP contribution in [0, 0.1) is 5.92 Å². The molecule has 0 aliphatic rings. The average Bonchev–Trinajstić information content (AvgIpc) is 3.02. The van der Waals surface area contributed by atoms with E-state index in [0.29, 0.717) is 24.0 Å². The van der Waals surface area contributed by atoms with Crippen molar-refractivity contribution in [1.29, 1.82) is 0 Å². The Labute approximate surface area is 140 Å². The Bertz CT molecular complexity index is 597. The van der Waals surface area contributed by atoms with Gasteiger partial charge in [0.2, 0.25) is 0 Å². The molecule has 0 saturated heterocycles. The molecule has 2 aromatic rings. The lowest BCUT2D eigenvalue weighted by Crippen LogP contribution is -2.33. The number of rotatable bonds is 8. The van der Waals surface area contributed by atoms with Crippen molar-refractivity contribution in [3.05, 3.63) is 29.9 Å². The van der Waals surface area contributed by atoms with Crippen LogP contribution in [0.4, 0.5) is 9.93 Å². The summed E-state index contributed by atoms with van der Waals surface area (Å²) < 4.78 is 0. The van der Waals surface area contributed by atoms with Gasteiger partial charge in [0.25, 0.3) is 0 Å². The summed E-state index contributed by atoms with van der Waals surface area (Å²) in [6, 6.07) is 3.51. The van der Waals surface area contributed by atoms with E-state index in [2.05, 4.69) is 27.5 Å². The average molecular weight is 334 g/mol. The number of aromatic nitrogens is 2. The van der Waals surface area contributed by atoms with E-state index in [4.69, 9.17) is 5.11 Å². The van der Waals surface area contributed by atoms with Crippen molar-refractivity contribution < 1.29 is 9.90 Å². The van der Waals surface area contributed by atoms with Crippen molar-refractivity contribution in [3.8, 4) is 11.3 Å². The molecule has 0 saturated carbocycles. The third kappa shape index (κ3) is 5.61. The van der Waals surface area contributed by atoms with E-state index in [0.717, 1.165) is 24.1 Å². The highest BCUT2D eigenvalue weighted by Gasteiger charge is 2.11. The maximum atomic E-state index is 11.9. The summed E-state index contributed by atoms with van der Waals surface area (Å²) in [5.41, 5.74) is 1.71. The van der Waals surface area contributed by atoms with Gasteiger partial charge < -0.3 is 10.4 Å². The molecule has 2 aromatic heterocycles. The highest BCUT2D eigenvalue weighted by Crippen LogP contribution is 2.23. The first-order chi connectivity index (χ1) is 11.2. The van der Waals surface area contributed by atoms with Gasteiger partial charge in [-0.3, -0.25) is 10.3 Å². The minimum atomic E-state index is -0.267. The zero-order valence-electron chi connectivity index (χ0n) is 13.2. The molecule has 0 aromatic carbocycles. The van der Waals surface area contributed by atoms with E-state index in [9.17, 15) is 4.79 Å². The van der Waals surface area contributed by atoms with Crippen LogP contribution < -0.4 is 10.6 Å². The molecule has 0 fully saturated rings. The number of carbonyl (C=O) groups excluding carboxylic acids is 1. The summed E-state index contributed by atoms with van der Waals surface area (Å²) in [5.74, 6) is 0.304. The largest absolute Gasteiger partial charge is 0.396 e. The normalized spacial score (nSPS) is 11.9. The first-order valence-electron chi connectivity index (χ1n) is 7.74. The van der Waals surface area contributed by atoms with Gasteiger partial charge in [0, 0.05) is 36.5 Å². The molecule has 6 nitrogen and oxygen atoms in total. The van der Waals surface area contributed by atoms with Crippen molar-refractivity contribution in [1.82, 2.24) is 15.3 Å². The molecule has 7 heteroatoms. The fourth-order valence-electron chi connectivity index (χ4n) is 2.30. The van der Waals surface area contributed by atoms with Crippen LogP contribution in [-0.4, -0.2) is 34.3 Å². The molecule has 0 aliphatic heterocycles. The van der Waals surface area contributed by atoms with Gasteiger partial charge in [-0.05, 0) is 30.9 Å². The van der Waals surface area contributed by atoms with Gasteiger partial charge >= 0.3 is 6.03 Å². The number of carbonyl (C=O) groups is 1.